The molecule has 6 nitrogen and oxygen atoms in total. The van der Waals surface area contributed by atoms with Crippen molar-refractivity contribution < 1.29 is 14.7 Å². The van der Waals surface area contributed by atoms with Crippen LogP contribution in [0.4, 0.5) is 5.69 Å². The monoisotopic (exact) mass is 287 g/mol. The first-order valence-electron chi connectivity index (χ1n) is 6.62. The van der Waals surface area contributed by atoms with Crippen LogP contribution in [0.1, 0.15) is 17.7 Å². The number of anilines is 1. The van der Waals surface area contributed by atoms with E-state index < -0.39 is 5.97 Å². The molecule has 0 saturated heterocycles. The molecular weight excluding hydrogens is 270 g/mol. The van der Waals surface area contributed by atoms with Gasteiger partial charge in [-0.25, -0.2) is 0 Å². The second kappa shape index (κ2) is 6.69. The minimum atomic E-state index is -0.833. The first kappa shape index (κ1) is 14.8. The molecule has 1 aromatic heterocycles. The molecule has 6 heteroatoms. The maximum Gasteiger partial charge on any atom is 0.303 e. The molecule has 0 radical (unpaired) electrons. The van der Waals surface area contributed by atoms with E-state index >= 15 is 0 Å². The third-order valence-corrected chi connectivity index (χ3v) is 3.10. The maximum absolute atomic E-state index is 12.0. The lowest BCUT2D eigenvalue weighted by atomic mass is 10.1. The molecule has 1 heterocycles. The first-order chi connectivity index (χ1) is 10.0. The van der Waals surface area contributed by atoms with Crippen LogP contribution in [0.15, 0.2) is 36.5 Å². The van der Waals surface area contributed by atoms with Crippen molar-refractivity contribution >= 4 is 17.6 Å². The van der Waals surface area contributed by atoms with E-state index in [0.29, 0.717) is 12.1 Å². The molecular formula is C15H17N3O3. The standard InChI is InChI=1S/C15H17N3O3/c1-18-13(7-8-16-18)10-14(19)17-12-4-2-3-11(9-12)5-6-15(20)21/h2-4,7-9H,5-6,10H2,1H3,(H,17,19)(H,20,21). The lowest BCUT2D eigenvalue weighted by Gasteiger charge is -2.07. The van der Waals surface area contributed by atoms with Gasteiger partial charge in [0, 0.05) is 31.0 Å². The predicted molar refractivity (Wildman–Crippen MR) is 77.9 cm³/mol. The van der Waals surface area contributed by atoms with E-state index in [1.165, 1.54) is 0 Å². The zero-order chi connectivity index (χ0) is 15.2. The fourth-order valence-corrected chi connectivity index (χ4v) is 2.00. The lowest BCUT2D eigenvalue weighted by molar-refractivity contribution is -0.137. The number of carboxylic acids is 1. The molecule has 0 aliphatic heterocycles. The van der Waals surface area contributed by atoms with Gasteiger partial charge in [-0.2, -0.15) is 5.10 Å². The summed E-state index contributed by atoms with van der Waals surface area (Å²) in [4.78, 5) is 22.5. The van der Waals surface area contributed by atoms with Crippen LogP contribution < -0.4 is 5.32 Å². The SMILES string of the molecule is Cn1nccc1CC(=O)Nc1cccc(CCC(=O)O)c1. The van der Waals surface area contributed by atoms with Gasteiger partial charge in [-0.1, -0.05) is 12.1 Å². The number of hydrogen-bond donors (Lipinski definition) is 2. The van der Waals surface area contributed by atoms with Crippen molar-refractivity contribution in [2.45, 2.75) is 19.3 Å². The van der Waals surface area contributed by atoms with Crippen LogP contribution in [-0.4, -0.2) is 26.8 Å². The summed E-state index contributed by atoms with van der Waals surface area (Å²) in [6, 6.07) is 9.02. The fourth-order valence-electron chi connectivity index (χ4n) is 2.00. The van der Waals surface area contributed by atoms with E-state index in [4.69, 9.17) is 5.11 Å². The number of benzene rings is 1. The highest BCUT2D eigenvalue weighted by Crippen LogP contribution is 2.13. The summed E-state index contributed by atoms with van der Waals surface area (Å²) in [5.41, 5.74) is 2.38. The quantitative estimate of drug-likeness (QED) is 0.845. The van der Waals surface area contributed by atoms with E-state index in [1.54, 1.807) is 42.2 Å². The van der Waals surface area contributed by atoms with Gasteiger partial charge in [0.2, 0.25) is 5.91 Å². The van der Waals surface area contributed by atoms with Gasteiger partial charge in [-0.15, -0.1) is 0 Å². The normalized spacial score (nSPS) is 10.3. The number of amides is 1. The van der Waals surface area contributed by atoms with Crippen molar-refractivity contribution in [2.24, 2.45) is 7.05 Å². The number of carbonyl (C=O) groups is 2. The van der Waals surface area contributed by atoms with E-state index in [-0.39, 0.29) is 18.7 Å². The van der Waals surface area contributed by atoms with Crippen LogP contribution >= 0.6 is 0 Å². The molecule has 2 N–H and O–H groups in total. The molecule has 0 spiro atoms. The number of carboxylic acid groups (broad SMARTS) is 1. The Balaban J connectivity index is 1.96. The van der Waals surface area contributed by atoms with Crippen molar-refractivity contribution in [3.8, 4) is 0 Å². The van der Waals surface area contributed by atoms with Crippen LogP contribution in [0.2, 0.25) is 0 Å². The van der Waals surface area contributed by atoms with Gasteiger partial charge in [-0.05, 0) is 30.2 Å². The van der Waals surface area contributed by atoms with Gasteiger partial charge in [0.05, 0.1) is 6.42 Å². The average Bonchev–Trinajstić information content (AvgIpc) is 2.82. The number of nitrogens with zero attached hydrogens (tertiary/aromatic N) is 2. The van der Waals surface area contributed by atoms with Crippen molar-refractivity contribution in [1.82, 2.24) is 9.78 Å². The van der Waals surface area contributed by atoms with Crippen LogP contribution in [0, 0.1) is 0 Å². The number of carbonyl (C=O) groups excluding carboxylic acids is 1. The van der Waals surface area contributed by atoms with E-state index in [1.807, 2.05) is 6.07 Å². The Labute approximate surface area is 122 Å². The van der Waals surface area contributed by atoms with Crippen molar-refractivity contribution in [1.29, 1.82) is 0 Å². The zero-order valence-electron chi connectivity index (χ0n) is 11.7. The smallest absolute Gasteiger partial charge is 0.303 e. The number of hydrogen-bond acceptors (Lipinski definition) is 3. The average molecular weight is 287 g/mol. The second-order valence-corrected chi connectivity index (χ2v) is 4.77. The second-order valence-electron chi connectivity index (χ2n) is 4.77. The first-order valence-corrected chi connectivity index (χ1v) is 6.62. The summed E-state index contributed by atoms with van der Waals surface area (Å²) in [6.45, 7) is 0. The highest BCUT2D eigenvalue weighted by Gasteiger charge is 2.07. The molecule has 110 valence electrons. The van der Waals surface area contributed by atoms with Gasteiger partial charge >= 0.3 is 5.97 Å². The molecule has 0 unspecified atom stereocenters. The van der Waals surface area contributed by atoms with Crippen LogP contribution in [0.5, 0.6) is 0 Å². The fraction of sp³-hybridized carbons (Fsp3) is 0.267. The number of aliphatic carboxylic acids is 1. The summed E-state index contributed by atoms with van der Waals surface area (Å²) >= 11 is 0. The maximum atomic E-state index is 12.0. The van der Waals surface area contributed by atoms with Crippen molar-refractivity contribution in [3.63, 3.8) is 0 Å². The van der Waals surface area contributed by atoms with Gasteiger partial charge < -0.3 is 10.4 Å². The highest BCUT2D eigenvalue weighted by atomic mass is 16.4. The lowest BCUT2D eigenvalue weighted by Crippen LogP contribution is -2.16. The molecule has 2 aromatic rings. The third-order valence-electron chi connectivity index (χ3n) is 3.10. The summed E-state index contributed by atoms with van der Waals surface area (Å²) in [5, 5.41) is 15.5. The Morgan fingerprint density at radius 3 is 2.81 bits per heavy atom. The zero-order valence-corrected chi connectivity index (χ0v) is 11.7. The van der Waals surface area contributed by atoms with Crippen molar-refractivity contribution in [3.05, 3.63) is 47.8 Å². The Hall–Kier alpha value is -2.63. The Morgan fingerprint density at radius 2 is 2.14 bits per heavy atom. The number of aromatic nitrogens is 2. The Morgan fingerprint density at radius 1 is 1.33 bits per heavy atom. The highest BCUT2D eigenvalue weighted by molar-refractivity contribution is 5.92. The summed E-state index contributed by atoms with van der Waals surface area (Å²) in [5.74, 6) is -0.963. The predicted octanol–water partition coefficient (Wildman–Crippen LogP) is 1.62. The van der Waals surface area contributed by atoms with Gasteiger partial charge in [0.25, 0.3) is 0 Å². The molecule has 0 aliphatic rings. The molecule has 0 bridgehead atoms. The van der Waals surface area contributed by atoms with E-state index in [9.17, 15) is 9.59 Å². The van der Waals surface area contributed by atoms with Crippen LogP contribution in [0.3, 0.4) is 0 Å². The summed E-state index contributed by atoms with van der Waals surface area (Å²) in [6.07, 6.45) is 2.41. The molecule has 21 heavy (non-hydrogen) atoms. The van der Waals surface area contributed by atoms with Gasteiger partial charge in [0.15, 0.2) is 0 Å². The minimum Gasteiger partial charge on any atom is -0.481 e. The minimum absolute atomic E-state index is 0.0758. The third kappa shape index (κ3) is 4.45. The summed E-state index contributed by atoms with van der Waals surface area (Å²) < 4.78 is 1.66. The Bertz CT molecular complexity index is 649. The van der Waals surface area contributed by atoms with E-state index in [2.05, 4.69) is 10.4 Å². The molecule has 0 saturated carbocycles. The molecule has 0 aliphatic carbocycles. The Kier molecular flexibility index (Phi) is 4.71. The van der Waals surface area contributed by atoms with Gasteiger partial charge in [0.1, 0.15) is 0 Å². The van der Waals surface area contributed by atoms with E-state index in [0.717, 1.165) is 11.3 Å². The van der Waals surface area contributed by atoms with Crippen LogP contribution in [-0.2, 0) is 29.5 Å². The largest absolute Gasteiger partial charge is 0.481 e. The summed E-state index contributed by atoms with van der Waals surface area (Å²) in [7, 11) is 1.79. The van der Waals surface area contributed by atoms with Crippen LogP contribution in [0.25, 0.3) is 0 Å². The molecule has 1 amide bonds. The van der Waals surface area contributed by atoms with Crippen molar-refractivity contribution in [2.75, 3.05) is 5.32 Å². The molecule has 0 atom stereocenters. The molecule has 2 rings (SSSR count). The number of aryl methyl sites for hydroxylation is 2. The molecule has 0 fully saturated rings. The number of rotatable bonds is 6. The van der Waals surface area contributed by atoms with Gasteiger partial charge in [-0.3, -0.25) is 14.3 Å². The number of nitrogens with one attached hydrogen (secondary N) is 1. The molecule has 1 aromatic carbocycles. The topological polar surface area (TPSA) is 84.2 Å².